The van der Waals surface area contributed by atoms with Crippen LogP contribution in [0.3, 0.4) is 0 Å². The van der Waals surface area contributed by atoms with E-state index in [1.807, 2.05) is 18.5 Å². The monoisotopic (exact) mass is 406 g/mol. The summed E-state index contributed by atoms with van der Waals surface area (Å²) in [6.45, 7) is 6.56. The Morgan fingerprint density at radius 1 is 1.27 bits per heavy atom. The Labute approximate surface area is 176 Å². The summed E-state index contributed by atoms with van der Waals surface area (Å²) in [7, 11) is 1.64. The van der Waals surface area contributed by atoms with Crippen LogP contribution in [-0.2, 0) is 4.74 Å². The zero-order valence-electron chi connectivity index (χ0n) is 17.6. The first-order chi connectivity index (χ1) is 14.7. The zero-order valence-corrected chi connectivity index (χ0v) is 17.6. The minimum absolute atomic E-state index is 0.256. The van der Waals surface area contributed by atoms with Gasteiger partial charge in [-0.2, -0.15) is 10.4 Å². The summed E-state index contributed by atoms with van der Waals surface area (Å²) in [5.41, 5.74) is 3.84. The molecule has 5 rings (SSSR count). The SMILES string of the molecule is COC1=CC(c2cnn(C3CN(C4CCCNCC4)C3)c2C)=C[N+]2=NC=C(C#N)C12. The van der Waals surface area contributed by atoms with Gasteiger partial charge in [-0.1, -0.05) is 4.70 Å². The van der Waals surface area contributed by atoms with Gasteiger partial charge in [-0.25, -0.2) is 0 Å². The molecule has 8 heteroatoms. The summed E-state index contributed by atoms with van der Waals surface area (Å²) >= 11 is 0. The molecule has 0 amide bonds. The number of likely N-dealkylation sites (tertiary alicyclic amines) is 1. The number of nitrogens with one attached hydrogen (secondary N) is 1. The van der Waals surface area contributed by atoms with Crippen LogP contribution >= 0.6 is 0 Å². The second-order valence-electron chi connectivity index (χ2n) is 8.46. The molecule has 4 aliphatic heterocycles. The van der Waals surface area contributed by atoms with Gasteiger partial charge in [0.25, 0.3) is 6.04 Å². The molecule has 156 valence electrons. The molecule has 2 saturated heterocycles. The average Bonchev–Trinajstić information content (AvgIpc) is 3.20. The maximum Gasteiger partial charge on any atom is 0.277 e. The summed E-state index contributed by atoms with van der Waals surface area (Å²) in [5, 5.41) is 21.9. The number of azo groups is 2. The maximum atomic E-state index is 9.35. The molecule has 30 heavy (non-hydrogen) atoms. The fourth-order valence-electron chi connectivity index (χ4n) is 5.00. The van der Waals surface area contributed by atoms with Crippen molar-refractivity contribution in [3.63, 3.8) is 0 Å². The molecule has 2 fully saturated rings. The van der Waals surface area contributed by atoms with Gasteiger partial charge in [0.15, 0.2) is 5.76 Å². The number of fused-ring (bicyclic) bond motifs is 1. The first kappa shape index (κ1) is 19.2. The fourth-order valence-corrected chi connectivity index (χ4v) is 5.00. The van der Waals surface area contributed by atoms with Crippen LogP contribution < -0.4 is 5.32 Å². The molecule has 2 unspecified atom stereocenters. The van der Waals surface area contributed by atoms with E-state index < -0.39 is 0 Å². The predicted molar refractivity (Wildman–Crippen MR) is 111 cm³/mol. The Balaban J connectivity index is 1.33. The van der Waals surface area contributed by atoms with Crippen LogP contribution in [0.1, 0.15) is 36.6 Å². The van der Waals surface area contributed by atoms with Crippen molar-refractivity contribution in [1.82, 2.24) is 20.0 Å². The predicted octanol–water partition coefficient (Wildman–Crippen LogP) is 2.33. The van der Waals surface area contributed by atoms with Crippen molar-refractivity contribution in [3.8, 4) is 6.07 Å². The number of rotatable bonds is 4. The molecule has 8 nitrogen and oxygen atoms in total. The van der Waals surface area contributed by atoms with Gasteiger partial charge in [0, 0.05) is 30.4 Å². The van der Waals surface area contributed by atoms with Gasteiger partial charge in [0.1, 0.15) is 17.8 Å². The van der Waals surface area contributed by atoms with E-state index in [2.05, 4.69) is 33.0 Å². The van der Waals surface area contributed by atoms with E-state index in [-0.39, 0.29) is 6.04 Å². The van der Waals surface area contributed by atoms with Crippen LogP contribution in [0.25, 0.3) is 5.57 Å². The van der Waals surface area contributed by atoms with Crippen molar-refractivity contribution in [2.24, 2.45) is 5.11 Å². The Kier molecular flexibility index (Phi) is 5.01. The molecule has 1 aromatic rings. The van der Waals surface area contributed by atoms with Gasteiger partial charge in [-0.15, -0.1) is 0 Å². The average molecular weight is 407 g/mol. The van der Waals surface area contributed by atoms with E-state index in [0.29, 0.717) is 17.7 Å². The smallest absolute Gasteiger partial charge is 0.277 e. The summed E-state index contributed by atoms with van der Waals surface area (Å²) in [4.78, 5) is 2.62. The van der Waals surface area contributed by atoms with Crippen LogP contribution in [-0.4, -0.2) is 64.8 Å². The van der Waals surface area contributed by atoms with Crippen LogP contribution in [0, 0.1) is 18.3 Å². The number of methoxy groups -OCH3 is 1. The van der Waals surface area contributed by atoms with Crippen LogP contribution in [0.5, 0.6) is 0 Å². The number of hydrogen-bond acceptors (Lipinski definition) is 6. The van der Waals surface area contributed by atoms with Crippen molar-refractivity contribution in [1.29, 1.82) is 5.26 Å². The fraction of sp³-hybridized carbons (Fsp3) is 0.545. The highest BCUT2D eigenvalue weighted by atomic mass is 16.5. The lowest BCUT2D eigenvalue weighted by Gasteiger charge is -2.44. The van der Waals surface area contributed by atoms with Crippen molar-refractivity contribution in [2.45, 2.75) is 44.3 Å². The molecule has 0 bridgehead atoms. The van der Waals surface area contributed by atoms with E-state index in [9.17, 15) is 5.26 Å². The Hall–Kier alpha value is -2.76. The minimum Gasteiger partial charge on any atom is -0.494 e. The van der Waals surface area contributed by atoms with Crippen LogP contribution in [0.4, 0.5) is 0 Å². The van der Waals surface area contributed by atoms with Gasteiger partial charge in [0.2, 0.25) is 6.20 Å². The van der Waals surface area contributed by atoms with E-state index >= 15 is 0 Å². The largest absolute Gasteiger partial charge is 0.494 e. The van der Waals surface area contributed by atoms with E-state index in [1.165, 1.54) is 19.3 Å². The second-order valence-corrected chi connectivity index (χ2v) is 8.46. The lowest BCUT2D eigenvalue weighted by molar-refractivity contribution is -0.542. The molecular weight excluding hydrogens is 378 g/mol. The molecule has 0 saturated carbocycles. The van der Waals surface area contributed by atoms with Gasteiger partial charge in [0.05, 0.1) is 24.9 Å². The topological polar surface area (TPSA) is 81.5 Å². The van der Waals surface area contributed by atoms with Crippen molar-refractivity contribution in [3.05, 3.63) is 47.3 Å². The van der Waals surface area contributed by atoms with Gasteiger partial charge in [-0.3, -0.25) is 9.58 Å². The Morgan fingerprint density at radius 2 is 2.13 bits per heavy atom. The molecule has 0 aliphatic carbocycles. The normalized spacial score (nSPS) is 27.1. The summed E-state index contributed by atoms with van der Waals surface area (Å²) in [5.74, 6) is 0.727. The van der Waals surface area contributed by atoms with Crippen molar-refractivity contribution >= 4 is 5.57 Å². The summed E-state index contributed by atoms with van der Waals surface area (Å²) in [6.07, 6.45) is 11.3. The van der Waals surface area contributed by atoms with Gasteiger partial charge < -0.3 is 10.1 Å². The number of hydrogen-bond donors (Lipinski definition) is 1. The Bertz CT molecular complexity index is 995. The number of allylic oxidation sites excluding steroid dienone is 2. The van der Waals surface area contributed by atoms with Gasteiger partial charge >= 0.3 is 0 Å². The first-order valence-corrected chi connectivity index (χ1v) is 10.8. The van der Waals surface area contributed by atoms with Crippen LogP contribution in [0.15, 0.2) is 41.1 Å². The second kappa shape index (κ2) is 7.82. The number of nitriles is 1. The molecule has 4 aliphatic rings. The van der Waals surface area contributed by atoms with Crippen molar-refractivity contribution in [2.75, 3.05) is 33.3 Å². The lowest BCUT2D eigenvalue weighted by atomic mass is 9.98. The number of nitrogens with zero attached hydrogens (tertiary/aromatic N) is 6. The highest BCUT2D eigenvalue weighted by Gasteiger charge is 2.40. The molecule has 0 aromatic carbocycles. The quantitative estimate of drug-likeness (QED) is 0.776. The van der Waals surface area contributed by atoms with E-state index in [1.54, 1.807) is 18.0 Å². The molecule has 2 atom stereocenters. The summed E-state index contributed by atoms with van der Waals surface area (Å²) < 4.78 is 9.57. The highest BCUT2D eigenvalue weighted by Crippen LogP contribution is 2.34. The Morgan fingerprint density at radius 3 is 2.93 bits per heavy atom. The third-order valence-corrected chi connectivity index (χ3v) is 6.75. The van der Waals surface area contributed by atoms with Crippen molar-refractivity contribution < 1.29 is 9.43 Å². The highest BCUT2D eigenvalue weighted by molar-refractivity contribution is 5.75. The third-order valence-electron chi connectivity index (χ3n) is 6.75. The molecular formula is C22H28N7O+. The number of ether oxygens (including phenoxy) is 1. The molecule has 0 spiro atoms. The minimum atomic E-state index is -0.256. The standard InChI is InChI=1S/C22H28N7O/c1-15-20(16-8-21(30-2)22-17(9-23)10-25-28(22)12-16)11-26-29(15)19-13-27(14-19)18-4-3-6-24-7-5-18/h8,10-12,18-19,22,24H,3-7,13-14H2,1-2H3/q+1. The summed E-state index contributed by atoms with van der Waals surface area (Å²) in [6, 6.07) is 3.09. The third kappa shape index (κ3) is 3.18. The van der Waals surface area contributed by atoms with E-state index in [0.717, 1.165) is 48.8 Å². The molecule has 1 N–H and O–H groups in total. The zero-order chi connectivity index (χ0) is 20.7. The number of aromatic nitrogens is 2. The molecule has 0 radical (unpaired) electrons. The van der Waals surface area contributed by atoms with Gasteiger partial charge in [-0.05, 0) is 50.5 Å². The maximum absolute atomic E-state index is 9.35. The lowest BCUT2D eigenvalue weighted by Crippen LogP contribution is -2.53. The van der Waals surface area contributed by atoms with E-state index in [4.69, 9.17) is 9.84 Å². The molecule has 5 heterocycles. The molecule has 1 aromatic heterocycles. The van der Waals surface area contributed by atoms with Crippen LogP contribution in [0.2, 0.25) is 0 Å². The first-order valence-electron chi connectivity index (χ1n) is 10.8.